The van der Waals surface area contributed by atoms with Crippen LogP contribution in [0.3, 0.4) is 0 Å². The highest BCUT2D eigenvalue weighted by atomic mass is 15.2. The molecular weight excluding hydrogens is 262 g/mol. The average molecular weight is 293 g/mol. The standard InChI is InChI=1S/C16H31N5/c1-7-10-17-15-13(3)16(19-14(8-2)18-15)21(6)12-9-11-20(4)5/h7-12H2,1-6H3,(H,17,18,19). The average Bonchev–Trinajstić information content (AvgIpc) is 2.45. The fraction of sp³-hybridized carbons (Fsp3) is 0.750. The van der Waals surface area contributed by atoms with Crippen LogP contribution in [0, 0.1) is 6.92 Å². The molecule has 0 spiro atoms. The molecule has 1 aromatic rings. The van der Waals surface area contributed by atoms with Crippen LogP contribution in [0.15, 0.2) is 0 Å². The van der Waals surface area contributed by atoms with Gasteiger partial charge in [-0.05, 0) is 40.4 Å². The van der Waals surface area contributed by atoms with Crippen molar-refractivity contribution in [1.29, 1.82) is 0 Å². The topological polar surface area (TPSA) is 44.3 Å². The molecule has 0 aliphatic heterocycles. The van der Waals surface area contributed by atoms with Gasteiger partial charge in [0.2, 0.25) is 0 Å². The highest BCUT2D eigenvalue weighted by Gasteiger charge is 2.13. The Morgan fingerprint density at radius 2 is 1.76 bits per heavy atom. The van der Waals surface area contributed by atoms with E-state index >= 15 is 0 Å². The molecule has 0 atom stereocenters. The molecule has 0 bridgehead atoms. The molecule has 0 saturated heterocycles. The third-order valence-corrected chi connectivity index (χ3v) is 3.49. The van der Waals surface area contributed by atoms with Gasteiger partial charge >= 0.3 is 0 Å². The first kappa shape index (κ1) is 17.7. The fourth-order valence-corrected chi connectivity index (χ4v) is 2.23. The number of aromatic nitrogens is 2. The van der Waals surface area contributed by atoms with Crippen molar-refractivity contribution < 1.29 is 0 Å². The molecule has 0 amide bonds. The maximum absolute atomic E-state index is 4.72. The summed E-state index contributed by atoms with van der Waals surface area (Å²) in [7, 11) is 6.34. The molecule has 0 saturated carbocycles. The normalized spacial score (nSPS) is 11.0. The van der Waals surface area contributed by atoms with Crippen molar-refractivity contribution >= 4 is 11.6 Å². The van der Waals surface area contributed by atoms with Gasteiger partial charge in [-0.1, -0.05) is 13.8 Å². The molecule has 1 heterocycles. The molecule has 0 unspecified atom stereocenters. The van der Waals surface area contributed by atoms with E-state index in [9.17, 15) is 0 Å². The number of aryl methyl sites for hydroxylation is 1. The van der Waals surface area contributed by atoms with E-state index < -0.39 is 0 Å². The van der Waals surface area contributed by atoms with Gasteiger partial charge in [0.15, 0.2) is 0 Å². The number of nitrogens with one attached hydrogen (secondary N) is 1. The van der Waals surface area contributed by atoms with Crippen LogP contribution in [-0.2, 0) is 6.42 Å². The summed E-state index contributed by atoms with van der Waals surface area (Å²) in [4.78, 5) is 13.8. The Bertz CT molecular complexity index is 431. The van der Waals surface area contributed by atoms with E-state index in [0.29, 0.717) is 0 Å². The van der Waals surface area contributed by atoms with Gasteiger partial charge < -0.3 is 15.1 Å². The van der Waals surface area contributed by atoms with E-state index in [-0.39, 0.29) is 0 Å². The maximum Gasteiger partial charge on any atom is 0.137 e. The zero-order valence-electron chi connectivity index (χ0n) is 14.5. The molecule has 5 heteroatoms. The van der Waals surface area contributed by atoms with Crippen LogP contribution >= 0.6 is 0 Å². The second-order valence-corrected chi connectivity index (χ2v) is 5.80. The smallest absolute Gasteiger partial charge is 0.137 e. The van der Waals surface area contributed by atoms with E-state index in [2.05, 4.69) is 62.0 Å². The Morgan fingerprint density at radius 3 is 2.33 bits per heavy atom. The first-order valence-corrected chi connectivity index (χ1v) is 7.96. The van der Waals surface area contributed by atoms with Gasteiger partial charge in [0.05, 0.1) is 0 Å². The number of hydrogen-bond acceptors (Lipinski definition) is 5. The molecule has 120 valence electrons. The Kier molecular flexibility index (Phi) is 7.43. The molecule has 5 nitrogen and oxygen atoms in total. The molecule has 0 fully saturated rings. The lowest BCUT2D eigenvalue weighted by Gasteiger charge is -2.23. The van der Waals surface area contributed by atoms with E-state index in [1.807, 2.05) is 0 Å². The van der Waals surface area contributed by atoms with Crippen molar-refractivity contribution in [2.75, 3.05) is 51.0 Å². The van der Waals surface area contributed by atoms with Crippen LogP contribution in [0.25, 0.3) is 0 Å². The van der Waals surface area contributed by atoms with E-state index in [0.717, 1.165) is 61.9 Å². The van der Waals surface area contributed by atoms with Gasteiger partial charge in [-0.2, -0.15) is 0 Å². The molecular formula is C16H31N5. The highest BCUT2D eigenvalue weighted by Crippen LogP contribution is 2.23. The zero-order chi connectivity index (χ0) is 15.8. The van der Waals surface area contributed by atoms with E-state index in [1.54, 1.807) is 0 Å². The molecule has 21 heavy (non-hydrogen) atoms. The Balaban J connectivity index is 2.87. The van der Waals surface area contributed by atoms with Crippen LogP contribution in [0.1, 0.15) is 38.1 Å². The quantitative estimate of drug-likeness (QED) is 0.758. The number of nitrogens with zero attached hydrogens (tertiary/aromatic N) is 4. The van der Waals surface area contributed by atoms with E-state index in [1.165, 1.54) is 0 Å². The second-order valence-electron chi connectivity index (χ2n) is 5.80. The molecule has 0 aliphatic rings. The molecule has 1 aromatic heterocycles. The minimum Gasteiger partial charge on any atom is -0.370 e. The summed E-state index contributed by atoms with van der Waals surface area (Å²) in [5.41, 5.74) is 1.15. The Morgan fingerprint density at radius 1 is 1.05 bits per heavy atom. The first-order valence-electron chi connectivity index (χ1n) is 7.96. The maximum atomic E-state index is 4.72. The lowest BCUT2D eigenvalue weighted by molar-refractivity contribution is 0.401. The van der Waals surface area contributed by atoms with Crippen LogP contribution in [0.2, 0.25) is 0 Å². The molecule has 1 rings (SSSR count). The summed E-state index contributed by atoms with van der Waals surface area (Å²) < 4.78 is 0. The lowest BCUT2D eigenvalue weighted by Crippen LogP contribution is -2.25. The van der Waals surface area contributed by atoms with Crippen molar-refractivity contribution in [2.24, 2.45) is 0 Å². The third kappa shape index (κ3) is 5.50. The molecule has 0 aliphatic carbocycles. The van der Waals surface area contributed by atoms with Crippen LogP contribution in [-0.4, -0.2) is 55.6 Å². The summed E-state index contributed by atoms with van der Waals surface area (Å²) in [6, 6.07) is 0. The van der Waals surface area contributed by atoms with Crippen molar-refractivity contribution in [3.8, 4) is 0 Å². The van der Waals surface area contributed by atoms with Gasteiger partial charge in [0, 0.05) is 32.1 Å². The van der Waals surface area contributed by atoms with Crippen LogP contribution in [0.4, 0.5) is 11.6 Å². The van der Waals surface area contributed by atoms with Gasteiger partial charge in [-0.25, -0.2) is 9.97 Å². The third-order valence-electron chi connectivity index (χ3n) is 3.49. The summed E-state index contributed by atoms with van der Waals surface area (Å²) in [5.74, 6) is 2.95. The monoisotopic (exact) mass is 293 g/mol. The Labute approximate surface area is 129 Å². The van der Waals surface area contributed by atoms with Crippen molar-refractivity contribution in [2.45, 2.75) is 40.0 Å². The minimum atomic E-state index is 0.861. The SMILES string of the molecule is CCCNc1nc(CC)nc(N(C)CCCN(C)C)c1C. The first-order chi connectivity index (χ1) is 9.99. The van der Waals surface area contributed by atoms with Gasteiger partial charge in [0.1, 0.15) is 17.5 Å². The summed E-state index contributed by atoms with van der Waals surface area (Å²) in [5, 5.41) is 3.42. The highest BCUT2D eigenvalue weighted by molar-refractivity contribution is 5.58. The molecule has 0 radical (unpaired) electrons. The van der Waals surface area contributed by atoms with Crippen molar-refractivity contribution in [3.05, 3.63) is 11.4 Å². The van der Waals surface area contributed by atoms with Gasteiger partial charge in [-0.15, -0.1) is 0 Å². The van der Waals surface area contributed by atoms with Crippen molar-refractivity contribution in [3.63, 3.8) is 0 Å². The zero-order valence-corrected chi connectivity index (χ0v) is 14.5. The van der Waals surface area contributed by atoms with Gasteiger partial charge in [0.25, 0.3) is 0 Å². The lowest BCUT2D eigenvalue weighted by atomic mass is 10.2. The largest absolute Gasteiger partial charge is 0.370 e. The minimum absolute atomic E-state index is 0.861. The molecule has 0 aromatic carbocycles. The Hall–Kier alpha value is -1.36. The number of anilines is 2. The second kappa shape index (κ2) is 8.82. The summed E-state index contributed by atoms with van der Waals surface area (Å²) >= 11 is 0. The summed E-state index contributed by atoms with van der Waals surface area (Å²) in [6.45, 7) is 9.42. The predicted octanol–water partition coefficient (Wildman–Crippen LogP) is 2.56. The van der Waals surface area contributed by atoms with E-state index in [4.69, 9.17) is 4.98 Å². The van der Waals surface area contributed by atoms with Crippen molar-refractivity contribution in [1.82, 2.24) is 14.9 Å². The van der Waals surface area contributed by atoms with Crippen LogP contribution in [0.5, 0.6) is 0 Å². The summed E-state index contributed by atoms with van der Waals surface area (Å²) in [6.07, 6.45) is 3.09. The van der Waals surface area contributed by atoms with Gasteiger partial charge in [-0.3, -0.25) is 0 Å². The number of hydrogen-bond donors (Lipinski definition) is 1. The fourth-order valence-electron chi connectivity index (χ4n) is 2.23. The van der Waals surface area contributed by atoms with Crippen LogP contribution < -0.4 is 10.2 Å². The molecule has 1 N–H and O–H groups in total. The number of rotatable bonds is 9. The predicted molar refractivity (Wildman–Crippen MR) is 91.4 cm³/mol.